The summed E-state index contributed by atoms with van der Waals surface area (Å²) >= 11 is 0. The van der Waals surface area contributed by atoms with Crippen LogP contribution in [0.25, 0.3) is 0 Å². The standard InChI is InChI=1S/C18H21N3O2/c22-18(15-23-17-4-2-1-3-5-17)21-12-10-20(11-13-21)14-16-6-8-19-9-7-16/h1-9H,10-15H2. The molecule has 0 unspecified atom stereocenters. The van der Waals surface area contributed by atoms with E-state index in [2.05, 4.69) is 9.88 Å². The number of aromatic nitrogens is 1. The topological polar surface area (TPSA) is 45.7 Å². The van der Waals surface area contributed by atoms with Gasteiger partial charge in [0.1, 0.15) is 5.75 Å². The number of rotatable bonds is 5. The zero-order chi connectivity index (χ0) is 15.9. The number of pyridine rings is 1. The second-order valence-corrected chi connectivity index (χ2v) is 5.61. The maximum Gasteiger partial charge on any atom is 0.260 e. The van der Waals surface area contributed by atoms with Crippen LogP contribution >= 0.6 is 0 Å². The van der Waals surface area contributed by atoms with E-state index in [4.69, 9.17) is 4.74 Å². The summed E-state index contributed by atoms with van der Waals surface area (Å²) < 4.78 is 5.53. The molecule has 23 heavy (non-hydrogen) atoms. The Morgan fingerprint density at radius 3 is 2.39 bits per heavy atom. The summed E-state index contributed by atoms with van der Waals surface area (Å²) in [6.07, 6.45) is 3.63. The third-order valence-electron chi connectivity index (χ3n) is 3.99. The highest BCUT2D eigenvalue weighted by molar-refractivity contribution is 5.77. The maximum atomic E-state index is 12.2. The van der Waals surface area contributed by atoms with E-state index >= 15 is 0 Å². The van der Waals surface area contributed by atoms with Gasteiger partial charge in [-0.3, -0.25) is 14.7 Å². The molecule has 0 atom stereocenters. The third-order valence-corrected chi connectivity index (χ3v) is 3.99. The highest BCUT2D eigenvalue weighted by Crippen LogP contribution is 2.10. The van der Waals surface area contributed by atoms with Gasteiger partial charge >= 0.3 is 0 Å². The number of hydrogen-bond donors (Lipinski definition) is 0. The smallest absolute Gasteiger partial charge is 0.260 e. The first-order valence-electron chi connectivity index (χ1n) is 7.88. The lowest BCUT2D eigenvalue weighted by Crippen LogP contribution is -2.49. The van der Waals surface area contributed by atoms with Crippen LogP contribution in [0.4, 0.5) is 0 Å². The average molecular weight is 311 g/mol. The number of ether oxygens (including phenoxy) is 1. The van der Waals surface area contributed by atoms with Gasteiger partial charge in [0, 0.05) is 45.1 Å². The number of para-hydroxylation sites is 1. The van der Waals surface area contributed by atoms with Gasteiger partial charge in [-0.05, 0) is 29.8 Å². The van der Waals surface area contributed by atoms with Crippen molar-refractivity contribution in [1.82, 2.24) is 14.8 Å². The fraction of sp³-hybridized carbons (Fsp3) is 0.333. The molecular formula is C18H21N3O2. The molecule has 0 bridgehead atoms. The molecule has 0 spiro atoms. The predicted octanol–water partition coefficient (Wildman–Crippen LogP) is 1.80. The minimum atomic E-state index is 0.0532. The van der Waals surface area contributed by atoms with E-state index in [1.54, 1.807) is 0 Å². The quantitative estimate of drug-likeness (QED) is 0.845. The minimum absolute atomic E-state index is 0.0532. The summed E-state index contributed by atoms with van der Waals surface area (Å²) in [5.74, 6) is 0.787. The van der Waals surface area contributed by atoms with E-state index in [0.717, 1.165) is 38.5 Å². The van der Waals surface area contributed by atoms with E-state index in [0.29, 0.717) is 0 Å². The second-order valence-electron chi connectivity index (χ2n) is 5.61. The number of nitrogens with zero attached hydrogens (tertiary/aromatic N) is 3. The number of piperazine rings is 1. The molecule has 1 aliphatic heterocycles. The molecule has 3 rings (SSSR count). The first kappa shape index (κ1) is 15.5. The number of benzene rings is 1. The van der Waals surface area contributed by atoms with E-state index in [9.17, 15) is 4.79 Å². The van der Waals surface area contributed by atoms with Crippen LogP contribution < -0.4 is 4.74 Å². The number of carbonyl (C=O) groups is 1. The Hall–Kier alpha value is -2.40. The van der Waals surface area contributed by atoms with E-state index in [1.165, 1.54) is 5.56 Å². The molecule has 120 valence electrons. The molecule has 0 radical (unpaired) electrons. The van der Waals surface area contributed by atoms with Gasteiger partial charge in [-0.1, -0.05) is 18.2 Å². The van der Waals surface area contributed by atoms with Crippen LogP contribution in [-0.4, -0.2) is 53.5 Å². The molecule has 0 aliphatic carbocycles. The summed E-state index contributed by atoms with van der Waals surface area (Å²) in [7, 11) is 0. The van der Waals surface area contributed by atoms with Gasteiger partial charge in [-0.15, -0.1) is 0 Å². The van der Waals surface area contributed by atoms with Gasteiger partial charge in [-0.2, -0.15) is 0 Å². The highest BCUT2D eigenvalue weighted by atomic mass is 16.5. The third kappa shape index (κ3) is 4.53. The molecule has 1 aromatic carbocycles. The van der Waals surface area contributed by atoms with E-state index in [-0.39, 0.29) is 12.5 Å². The van der Waals surface area contributed by atoms with Crippen molar-refractivity contribution >= 4 is 5.91 Å². The predicted molar refractivity (Wildman–Crippen MR) is 88.0 cm³/mol. The largest absolute Gasteiger partial charge is 0.484 e. The molecular weight excluding hydrogens is 290 g/mol. The Morgan fingerprint density at radius 2 is 1.70 bits per heavy atom. The molecule has 1 saturated heterocycles. The van der Waals surface area contributed by atoms with Crippen molar-refractivity contribution in [2.45, 2.75) is 6.54 Å². The Balaban J connectivity index is 1.42. The SMILES string of the molecule is O=C(COc1ccccc1)N1CCN(Cc2ccncc2)CC1. The van der Waals surface area contributed by atoms with Crippen LogP contribution in [0.1, 0.15) is 5.56 Å². The Bertz CT molecular complexity index is 611. The second kappa shape index (κ2) is 7.74. The van der Waals surface area contributed by atoms with Crippen LogP contribution in [0.15, 0.2) is 54.9 Å². The summed E-state index contributed by atoms with van der Waals surface area (Å²) in [5, 5.41) is 0. The molecule has 0 N–H and O–H groups in total. The van der Waals surface area contributed by atoms with Gasteiger partial charge < -0.3 is 9.64 Å². The fourth-order valence-electron chi connectivity index (χ4n) is 2.65. The number of carbonyl (C=O) groups excluding carboxylic acids is 1. The fourth-order valence-corrected chi connectivity index (χ4v) is 2.65. The van der Waals surface area contributed by atoms with Crippen LogP contribution in [0.2, 0.25) is 0 Å². The lowest BCUT2D eigenvalue weighted by atomic mass is 10.2. The van der Waals surface area contributed by atoms with E-state index < -0.39 is 0 Å². The van der Waals surface area contributed by atoms with Crippen molar-refractivity contribution in [2.75, 3.05) is 32.8 Å². The summed E-state index contributed by atoms with van der Waals surface area (Å²) in [6.45, 7) is 4.29. The lowest BCUT2D eigenvalue weighted by Gasteiger charge is -2.34. The van der Waals surface area contributed by atoms with Gasteiger partial charge in [0.05, 0.1) is 0 Å². The van der Waals surface area contributed by atoms with Crippen molar-refractivity contribution in [2.24, 2.45) is 0 Å². The lowest BCUT2D eigenvalue weighted by molar-refractivity contribution is -0.135. The molecule has 2 heterocycles. The molecule has 0 saturated carbocycles. The van der Waals surface area contributed by atoms with Crippen molar-refractivity contribution < 1.29 is 9.53 Å². The van der Waals surface area contributed by atoms with Crippen molar-refractivity contribution in [1.29, 1.82) is 0 Å². The monoisotopic (exact) mass is 311 g/mol. The molecule has 1 aromatic heterocycles. The van der Waals surface area contributed by atoms with Crippen LogP contribution in [0, 0.1) is 0 Å². The van der Waals surface area contributed by atoms with Crippen molar-refractivity contribution in [3.8, 4) is 5.75 Å². The zero-order valence-electron chi connectivity index (χ0n) is 13.1. The summed E-state index contributed by atoms with van der Waals surface area (Å²) in [5.41, 5.74) is 1.26. The molecule has 5 heteroatoms. The van der Waals surface area contributed by atoms with Gasteiger partial charge in [0.25, 0.3) is 5.91 Å². The van der Waals surface area contributed by atoms with Crippen LogP contribution in [-0.2, 0) is 11.3 Å². The van der Waals surface area contributed by atoms with Gasteiger partial charge in [0.15, 0.2) is 6.61 Å². The normalized spacial score (nSPS) is 15.4. The first-order valence-corrected chi connectivity index (χ1v) is 7.88. The molecule has 1 fully saturated rings. The van der Waals surface area contributed by atoms with Crippen molar-refractivity contribution in [3.63, 3.8) is 0 Å². The van der Waals surface area contributed by atoms with Gasteiger partial charge in [0.2, 0.25) is 0 Å². The molecule has 2 aromatic rings. The Kier molecular flexibility index (Phi) is 5.21. The van der Waals surface area contributed by atoms with E-state index in [1.807, 2.05) is 59.8 Å². The highest BCUT2D eigenvalue weighted by Gasteiger charge is 2.21. The summed E-state index contributed by atoms with van der Waals surface area (Å²) in [4.78, 5) is 20.5. The van der Waals surface area contributed by atoms with Crippen LogP contribution in [0.3, 0.4) is 0 Å². The molecule has 1 aliphatic rings. The zero-order valence-corrected chi connectivity index (χ0v) is 13.1. The Morgan fingerprint density at radius 1 is 1.00 bits per heavy atom. The van der Waals surface area contributed by atoms with Gasteiger partial charge in [-0.25, -0.2) is 0 Å². The number of hydrogen-bond acceptors (Lipinski definition) is 4. The molecule has 1 amide bonds. The first-order chi connectivity index (χ1) is 11.3. The summed E-state index contributed by atoms with van der Waals surface area (Å²) in [6, 6.07) is 13.5. The molecule has 5 nitrogen and oxygen atoms in total. The Labute approximate surface area is 136 Å². The number of amides is 1. The van der Waals surface area contributed by atoms with Crippen LogP contribution in [0.5, 0.6) is 5.75 Å². The minimum Gasteiger partial charge on any atom is -0.484 e. The van der Waals surface area contributed by atoms with Crippen molar-refractivity contribution in [3.05, 3.63) is 60.4 Å². The maximum absolute atomic E-state index is 12.2. The average Bonchev–Trinajstić information content (AvgIpc) is 2.62.